The Morgan fingerprint density at radius 2 is 1.40 bits per heavy atom. The Bertz CT molecular complexity index is 603. The molecule has 20 heavy (non-hydrogen) atoms. The van der Waals surface area contributed by atoms with Crippen LogP contribution in [-0.2, 0) is 0 Å². The van der Waals surface area contributed by atoms with Gasteiger partial charge in [-0.15, -0.1) is 0 Å². The van der Waals surface area contributed by atoms with E-state index >= 15 is 0 Å². The normalized spacial score (nSPS) is 10.2. The van der Waals surface area contributed by atoms with Crippen LogP contribution < -0.4 is 10.6 Å². The first-order valence-electron chi connectivity index (χ1n) is 5.75. The molecule has 0 saturated carbocycles. The maximum Gasteiger partial charge on any atom is 0.323 e. The number of rotatable bonds is 2. The van der Waals surface area contributed by atoms with E-state index in [9.17, 15) is 18.0 Å². The molecule has 0 aliphatic rings. The Kier molecular flexibility index (Phi) is 3.93. The zero-order chi connectivity index (χ0) is 14.7. The van der Waals surface area contributed by atoms with Gasteiger partial charge in [-0.25, -0.2) is 18.0 Å². The van der Waals surface area contributed by atoms with E-state index in [0.717, 1.165) is 12.1 Å². The molecular weight excluding hydrogens is 269 g/mol. The number of hydrogen-bond donors (Lipinski definition) is 2. The highest BCUT2D eigenvalue weighted by Gasteiger charge is 2.07. The van der Waals surface area contributed by atoms with Crippen molar-refractivity contribution >= 4 is 17.4 Å². The molecule has 0 aliphatic carbocycles. The number of carbonyl (C=O) groups excluding carboxylic acids is 1. The zero-order valence-corrected chi connectivity index (χ0v) is 10.5. The lowest BCUT2D eigenvalue weighted by molar-refractivity contribution is 0.262. The molecule has 0 aromatic heterocycles. The van der Waals surface area contributed by atoms with E-state index in [-0.39, 0.29) is 11.4 Å². The van der Waals surface area contributed by atoms with Gasteiger partial charge in [0.2, 0.25) is 0 Å². The topological polar surface area (TPSA) is 41.1 Å². The summed E-state index contributed by atoms with van der Waals surface area (Å²) in [5.41, 5.74) is 0.804. The summed E-state index contributed by atoms with van der Waals surface area (Å²) < 4.78 is 39.0. The maximum absolute atomic E-state index is 13.3. The van der Waals surface area contributed by atoms with Crippen LogP contribution >= 0.6 is 0 Å². The van der Waals surface area contributed by atoms with Crippen molar-refractivity contribution in [3.63, 3.8) is 0 Å². The summed E-state index contributed by atoms with van der Waals surface area (Å²) in [6, 6.07) is 6.50. The SMILES string of the molecule is Cc1ccc(NC(=O)Nc2ccc(F)c(F)c2)cc1F. The third kappa shape index (κ3) is 3.28. The third-order valence-corrected chi connectivity index (χ3v) is 2.61. The summed E-state index contributed by atoms with van der Waals surface area (Å²) in [6.07, 6.45) is 0. The molecule has 0 heterocycles. The van der Waals surface area contributed by atoms with Crippen molar-refractivity contribution in [2.75, 3.05) is 10.6 Å². The molecule has 3 nitrogen and oxygen atoms in total. The molecule has 6 heteroatoms. The molecule has 0 fully saturated rings. The highest BCUT2D eigenvalue weighted by Crippen LogP contribution is 2.16. The molecule has 2 rings (SSSR count). The van der Waals surface area contributed by atoms with Gasteiger partial charge < -0.3 is 10.6 Å². The fraction of sp³-hybridized carbons (Fsp3) is 0.0714. The van der Waals surface area contributed by atoms with E-state index in [4.69, 9.17) is 0 Å². The van der Waals surface area contributed by atoms with Crippen LogP contribution in [0.1, 0.15) is 5.56 Å². The number of benzene rings is 2. The number of urea groups is 1. The average Bonchev–Trinajstić information content (AvgIpc) is 2.38. The molecule has 0 saturated heterocycles. The van der Waals surface area contributed by atoms with Gasteiger partial charge in [0.25, 0.3) is 0 Å². The van der Waals surface area contributed by atoms with Crippen LogP contribution in [0.4, 0.5) is 29.3 Å². The van der Waals surface area contributed by atoms with E-state index in [1.54, 1.807) is 6.92 Å². The molecule has 0 spiro atoms. The van der Waals surface area contributed by atoms with Crippen molar-refractivity contribution in [1.29, 1.82) is 0 Å². The highest BCUT2D eigenvalue weighted by molar-refractivity contribution is 5.99. The Morgan fingerprint density at radius 3 is 1.95 bits per heavy atom. The van der Waals surface area contributed by atoms with Gasteiger partial charge in [0.1, 0.15) is 5.82 Å². The van der Waals surface area contributed by atoms with Gasteiger partial charge >= 0.3 is 6.03 Å². The van der Waals surface area contributed by atoms with Crippen molar-refractivity contribution in [1.82, 2.24) is 0 Å². The standard InChI is InChI=1S/C14H11F3N2O/c1-8-2-3-9(6-12(8)16)18-14(20)19-10-4-5-11(15)13(17)7-10/h2-7H,1H3,(H2,18,19,20). The second-order valence-corrected chi connectivity index (χ2v) is 4.17. The minimum Gasteiger partial charge on any atom is -0.308 e. The van der Waals surface area contributed by atoms with Gasteiger partial charge in [0.15, 0.2) is 11.6 Å². The van der Waals surface area contributed by atoms with Crippen molar-refractivity contribution < 1.29 is 18.0 Å². The van der Waals surface area contributed by atoms with Crippen LogP contribution in [0, 0.1) is 24.4 Å². The minimum absolute atomic E-state index is 0.0917. The molecule has 2 aromatic carbocycles. The number of carbonyl (C=O) groups is 1. The van der Waals surface area contributed by atoms with E-state index in [1.165, 1.54) is 24.3 Å². The number of nitrogens with one attached hydrogen (secondary N) is 2. The van der Waals surface area contributed by atoms with Crippen molar-refractivity contribution in [3.8, 4) is 0 Å². The Hall–Kier alpha value is -2.50. The van der Waals surface area contributed by atoms with Crippen molar-refractivity contribution in [2.45, 2.75) is 6.92 Å². The van der Waals surface area contributed by atoms with E-state index in [0.29, 0.717) is 5.56 Å². The smallest absolute Gasteiger partial charge is 0.308 e. The number of halogens is 3. The number of aryl methyl sites for hydroxylation is 1. The molecule has 0 atom stereocenters. The molecule has 0 unspecified atom stereocenters. The first-order valence-corrected chi connectivity index (χ1v) is 5.75. The monoisotopic (exact) mass is 280 g/mol. The third-order valence-electron chi connectivity index (χ3n) is 2.61. The summed E-state index contributed by atoms with van der Waals surface area (Å²) in [6.45, 7) is 1.60. The molecular formula is C14H11F3N2O. The van der Waals surface area contributed by atoms with Crippen LogP contribution in [0.15, 0.2) is 36.4 Å². The zero-order valence-electron chi connectivity index (χ0n) is 10.5. The lowest BCUT2D eigenvalue weighted by Crippen LogP contribution is -2.19. The average molecular weight is 280 g/mol. The van der Waals surface area contributed by atoms with E-state index in [2.05, 4.69) is 10.6 Å². The maximum atomic E-state index is 13.3. The molecule has 0 aliphatic heterocycles. The van der Waals surface area contributed by atoms with Crippen LogP contribution in [0.25, 0.3) is 0 Å². The van der Waals surface area contributed by atoms with Gasteiger partial charge in [-0.3, -0.25) is 0 Å². The van der Waals surface area contributed by atoms with Gasteiger partial charge in [-0.2, -0.15) is 0 Å². The lowest BCUT2D eigenvalue weighted by Gasteiger charge is -2.08. The second kappa shape index (κ2) is 5.64. The fourth-order valence-corrected chi connectivity index (χ4v) is 1.54. The summed E-state index contributed by atoms with van der Waals surface area (Å²) in [4.78, 5) is 11.6. The van der Waals surface area contributed by atoms with Gasteiger partial charge in [-0.05, 0) is 36.8 Å². The largest absolute Gasteiger partial charge is 0.323 e. The Balaban J connectivity index is 2.04. The first kappa shape index (κ1) is 13.9. The predicted octanol–water partition coefficient (Wildman–Crippen LogP) is 4.06. The summed E-state index contributed by atoms with van der Waals surface area (Å²) in [7, 11) is 0. The number of amides is 2. The molecule has 104 valence electrons. The molecule has 0 bridgehead atoms. The van der Waals surface area contributed by atoms with Gasteiger partial charge in [-0.1, -0.05) is 6.07 Å². The number of anilines is 2. The number of hydrogen-bond acceptors (Lipinski definition) is 1. The van der Waals surface area contributed by atoms with Crippen LogP contribution in [0.2, 0.25) is 0 Å². The Morgan fingerprint density at radius 1 is 0.850 bits per heavy atom. The Labute approximate surface area is 113 Å². The van der Waals surface area contributed by atoms with Gasteiger partial charge in [0, 0.05) is 17.4 Å². The van der Waals surface area contributed by atoms with E-state index in [1.807, 2.05) is 0 Å². The lowest BCUT2D eigenvalue weighted by atomic mass is 10.2. The molecule has 2 N–H and O–H groups in total. The molecule has 0 radical (unpaired) electrons. The fourth-order valence-electron chi connectivity index (χ4n) is 1.54. The quantitative estimate of drug-likeness (QED) is 0.855. The summed E-state index contributed by atoms with van der Waals surface area (Å²) in [5, 5.41) is 4.70. The second-order valence-electron chi connectivity index (χ2n) is 4.17. The summed E-state index contributed by atoms with van der Waals surface area (Å²) in [5.74, 6) is -2.52. The van der Waals surface area contributed by atoms with Gasteiger partial charge in [0.05, 0.1) is 0 Å². The van der Waals surface area contributed by atoms with Crippen molar-refractivity contribution in [3.05, 3.63) is 59.4 Å². The summed E-state index contributed by atoms with van der Waals surface area (Å²) >= 11 is 0. The highest BCUT2D eigenvalue weighted by atomic mass is 19.2. The van der Waals surface area contributed by atoms with Crippen LogP contribution in [0.5, 0.6) is 0 Å². The van der Waals surface area contributed by atoms with E-state index < -0.39 is 23.5 Å². The predicted molar refractivity (Wildman–Crippen MR) is 70.1 cm³/mol. The van der Waals surface area contributed by atoms with Crippen LogP contribution in [-0.4, -0.2) is 6.03 Å². The molecule has 2 aromatic rings. The minimum atomic E-state index is -1.07. The molecule has 2 amide bonds. The first-order chi connectivity index (χ1) is 9.45. The van der Waals surface area contributed by atoms with Crippen molar-refractivity contribution in [2.24, 2.45) is 0 Å². The van der Waals surface area contributed by atoms with Crippen LogP contribution in [0.3, 0.4) is 0 Å².